The highest BCUT2D eigenvalue weighted by atomic mass is 35.5. The van der Waals surface area contributed by atoms with Crippen molar-refractivity contribution in [2.75, 3.05) is 29.5 Å². The van der Waals surface area contributed by atoms with E-state index in [1.54, 1.807) is 6.26 Å². The quantitative estimate of drug-likeness (QED) is 0.716. The van der Waals surface area contributed by atoms with Crippen LogP contribution in [0.1, 0.15) is 5.69 Å². The monoisotopic (exact) mass is 234 g/mol. The molecule has 0 amide bonds. The molecule has 1 aliphatic rings. The third-order valence-electron chi connectivity index (χ3n) is 2.12. The fraction of sp³-hybridized carbons (Fsp3) is 0.625. The van der Waals surface area contributed by atoms with Gasteiger partial charge in [0.25, 0.3) is 6.01 Å². The van der Waals surface area contributed by atoms with Gasteiger partial charge >= 0.3 is 0 Å². The first-order valence-electron chi connectivity index (χ1n) is 4.40. The fourth-order valence-corrected chi connectivity index (χ4v) is 2.51. The third-order valence-corrected chi connectivity index (χ3v) is 3.67. The number of anilines is 1. The van der Waals surface area contributed by atoms with Crippen LogP contribution in [0.25, 0.3) is 0 Å². The summed E-state index contributed by atoms with van der Waals surface area (Å²) in [5, 5.41) is 0. The molecule has 78 valence electrons. The average molecular weight is 235 g/mol. The van der Waals surface area contributed by atoms with Crippen LogP contribution in [0.3, 0.4) is 0 Å². The Balaban J connectivity index is 2.04. The Morgan fingerprint density at radius 1 is 1.57 bits per heavy atom. The lowest BCUT2D eigenvalue weighted by Gasteiger charge is -2.24. The summed E-state index contributed by atoms with van der Waals surface area (Å²) in [5.41, 5.74) is 0.744. The molecular formula is C8H11ClN2O2S. The Hall–Kier alpha value is -0.550. The van der Waals surface area contributed by atoms with Gasteiger partial charge in [-0.1, -0.05) is 0 Å². The van der Waals surface area contributed by atoms with Gasteiger partial charge in [0.05, 0.1) is 11.6 Å². The van der Waals surface area contributed by atoms with Gasteiger partial charge in [0, 0.05) is 35.4 Å². The normalized spacial score (nSPS) is 18.8. The SMILES string of the molecule is O=S1CCN(c2nc(CCl)co2)CC1. The molecule has 1 aromatic heterocycles. The van der Waals surface area contributed by atoms with Gasteiger partial charge < -0.3 is 9.32 Å². The molecule has 0 atom stereocenters. The van der Waals surface area contributed by atoms with E-state index in [0.717, 1.165) is 18.8 Å². The maximum Gasteiger partial charge on any atom is 0.297 e. The van der Waals surface area contributed by atoms with Crippen molar-refractivity contribution in [1.82, 2.24) is 4.98 Å². The lowest BCUT2D eigenvalue weighted by atomic mass is 10.5. The molecule has 2 rings (SSSR count). The molecule has 0 N–H and O–H groups in total. The predicted molar refractivity (Wildman–Crippen MR) is 56.1 cm³/mol. The highest BCUT2D eigenvalue weighted by molar-refractivity contribution is 7.85. The number of aromatic nitrogens is 1. The van der Waals surface area contributed by atoms with E-state index in [1.807, 2.05) is 4.90 Å². The van der Waals surface area contributed by atoms with Crippen molar-refractivity contribution >= 4 is 28.4 Å². The Morgan fingerprint density at radius 2 is 2.29 bits per heavy atom. The van der Waals surface area contributed by atoms with E-state index in [4.69, 9.17) is 16.0 Å². The van der Waals surface area contributed by atoms with E-state index in [1.165, 1.54) is 0 Å². The highest BCUT2D eigenvalue weighted by Crippen LogP contribution is 2.16. The van der Waals surface area contributed by atoms with Crippen LogP contribution >= 0.6 is 11.6 Å². The smallest absolute Gasteiger partial charge is 0.297 e. The molecule has 0 bridgehead atoms. The van der Waals surface area contributed by atoms with Crippen molar-refractivity contribution < 1.29 is 8.63 Å². The molecule has 0 unspecified atom stereocenters. The van der Waals surface area contributed by atoms with Crippen LogP contribution in [0.15, 0.2) is 10.7 Å². The minimum atomic E-state index is -0.667. The molecule has 0 radical (unpaired) electrons. The lowest BCUT2D eigenvalue weighted by molar-refractivity contribution is 0.537. The topological polar surface area (TPSA) is 46.3 Å². The second kappa shape index (κ2) is 4.31. The zero-order chi connectivity index (χ0) is 9.97. The van der Waals surface area contributed by atoms with Crippen molar-refractivity contribution in [2.45, 2.75) is 5.88 Å². The summed E-state index contributed by atoms with van der Waals surface area (Å²) in [7, 11) is -0.667. The van der Waals surface area contributed by atoms with Crippen LogP contribution < -0.4 is 4.90 Å². The van der Waals surface area contributed by atoms with Gasteiger partial charge in [-0.15, -0.1) is 11.6 Å². The van der Waals surface area contributed by atoms with Crippen LogP contribution in [0.4, 0.5) is 6.01 Å². The summed E-state index contributed by atoms with van der Waals surface area (Å²) < 4.78 is 16.4. The molecule has 1 saturated heterocycles. The maximum absolute atomic E-state index is 11.1. The molecule has 1 aromatic rings. The molecular weight excluding hydrogens is 224 g/mol. The van der Waals surface area contributed by atoms with E-state index >= 15 is 0 Å². The lowest BCUT2D eigenvalue weighted by Crippen LogP contribution is -2.37. The van der Waals surface area contributed by atoms with Crippen molar-refractivity contribution in [3.8, 4) is 0 Å². The van der Waals surface area contributed by atoms with Crippen molar-refractivity contribution in [1.29, 1.82) is 0 Å². The minimum Gasteiger partial charge on any atom is -0.432 e. The Kier molecular flexibility index (Phi) is 3.08. The second-order valence-electron chi connectivity index (χ2n) is 3.09. The van der Waals surface area contributed by atoms with Crippen LogP contribution in [0.2, 0.25) is 0 Å². The Labute approximate surface area is 89.7 Å². The van der Waals surface area contributed by atoms with Crippen LogP contribution in [0, 0.1) is 0 Å². The second-order valence-corrected chi connectivity index (χ2v) is 5.05. The van der Waals surface area contributed by atoms with Gasteiger partial charge in [-0.2, -0.15) is 4.98 Å². The first-order chi connectivity index (χ1) is 6.79. The summed E-state index contributed by atoms with van der Waals surface area (Å²) >= 11 is 5.61. The number of hydrogen-bond acceptors (Lipinski definition) is 4. The number of nitrogens with zero attached hydrogens (tertiary/aromatic N) is 2. The van der Waals surface area contributed by atoms with Gasteiger partial charge in [0.2, 0.25) is 0 Å². The summed E-state index contributed by atoms with van der Waals surface area (Å²) in [6, 6.07) is 0.595. The highest BCUT2D eigenvalue weighted by Gasteiger charge is 2.19. The predicted octanol–water partition coefficient (Wildman–Crippen LogP) is 0.982. The number of rotatable bonds is 2. The minimum absolute atomic E-state index is 0.364. The van der Waals surface area contributed by atoms with Crippen molar-refractivity contribution in [3.63, 3.8) is 0 Å². The van der Waals surface area contributed by atoms with Crippen molar-refractivity contribution in [3.05, 3.63) is 12.0 Å². The summed E-state index contributed by atoms with van der Waals surface area (Å²) in [6.45, 7) is 1.49. The van der Waals surface area contributed by atoms with Gasteiger partial charge in [0.1, 0.15) is 6.26 Å². The first-order valence-corrected chi connectivity index (χ1v) is 6.42. The van der Waals surface area contributed by atoms with Crippen LogP contribution in [0.5, 0.6) is 0 Å². The van der Waals surface area contributed by atoms with Gasteiger partial charge in [0.15, 0.2) is 0 Å². The molecule has 1 aliphatic heterocycles. The molecule has 0 spiro atoms. The van der Waals surface area contributed by atoms with Crippen molar-refractivity contribution in [2.24, 2.45) is 0 Å². The molecule has 2 heterocycles. The van der Waals surface area contributed by atoms with Gasteiger partial charge in [-0.3, -0.25) is 4.21 Å². The Bertz CT molecular complexity index is 332. The number of halogens is 1. The standard InChI is InChI=1S/C8H11ClN2O2S/c9-5-7-6-13-8(10-7)11-1-3-14(12)4-2-11/h6H,1-5H2. The average Bonchev–Trinajstić information content (AvgIpc) is 2.67. The number of oxazole rings is 1. The number of alkyl halides is 1. The first kappa shape index (κ1) is 9.98. The zero-order valence-electron chi connectivity index (χ0n) is 7.61. The molecule has 14 heavy (non-hydrogen) atoms. The third kappa shape index (κ3) is 2.09. The fourth-order valence-electron chi connectivity index (χ4n) is 1.33. The van der Waals surface area contributed by atoms with E-state index in [2.05, 4.69) is 4.98 Å². The summed E-state index contributed by atoms with van der Waals surface area (Å²) in [4.78, 5) is 6.20. The van der Waals surface area contributed by atoms with E-state index < -0.39 is 10.8 Å². The van der Waals surface area contributed by atoms with Gasteiger partial charge in [-0.05, 0) is 0 Å². The van der Waals surface area contributed by atoms with Gasteiger partial charge in [-0.25, -0.2) is 0 Å². The largest absolute Gasteiger partial charge is 0.432 e. The zero-order valence-corrected chi connectivity index (χ0v) is 9.18. The maximum atomic E-state index is 11.1. The molecule has 6 heteroatoms. The van der Waals surface area contributed by atoms with E-state index in [0.29, 0.717) is 23.4 Å². The summed E-state index contributed by atoms with van der Waals surface area (Å²) in [5.74, 6) is 1.75. The van der Waals surface area contributed by atoms with Crippen LogP contribution in [-0.2, 0) is 16.7 Å². The van der Waals surface area contributed by atoms with E-state index in [9.17, 15) is 4.21 Å². The Morgan fingerprint density at radius 3 is 2.86 bits per heavy atom. The molecule has 0 saturated carbocycles. The van der Waals surface area contributed by atoms with E-state index in [-0.39, 0.29) is 0 Å². The molecule has 0 aromatic carbocycles. The summed E-state index contributed by atoms with van der Waals surface area (Å²) in [6.07, 6.45) is 1.56. The van der Waals surface area contributed by atoms with Crippen LogP contribution in [-0.4, -0.2) is 33.8 Å². The molecule has 4 nitrogen and oxygen atoms in total. The molecule has 0 aliphatic carbocycles. The molecule has 1 fully saturated rings. The number of hydrogen-bond donors (Lipinski definition) is 0.